The van der Waals surface area contributed by atoms with E-state index in [-0.39, 0.29) is 18.0 Å². The highest BCUT2D eigenvalue weighted by Gasteiger charge is 2.18. The number of thiocarbonyl (C=S) groups is 1. The molecule has 0 saturated carbocycles. The normalized spacial score (nSPS) is 11.7. The lowest BCUT2D eigenvalue weighted by atomic mass is 10.1. The average molecular weight is 206 g/mol. The van der Waals surface area contributed by atoms with Gasteiger partial charge in [0.1, 0.15) is 6.04 Å². The minimum absolute atomic E-state index is 0.0536. The van der Waals surface area contributed by atoms with Gasteiger partial charge in [-0.05, 0) is 18.6 Å². The topological polar surface area (TPSA) is 113 Å². The molecule has 6 nitrogen and oxygen atoms in total. The highest BCUT2D eigenvalue weighted by molar-refractivity contribution is 7.80. The molecule has 5 N–H and O–H groups in total. The minimum atomic E-state index is -1.17. The first-order valence-corrected chi connectivity index (χ1v) is 3.85. The van der Waals surface area contributed by atoms with Gasteiger partial charge in [-0.15, -0.1) is 0 Å². The first-order chi connectivity index (χ1) is 5.93. The van der Waals surface area contributed by atoms with Crippen LogP contribution in [-0.4, -0.2) is 33.3 Å². The van der Waals surface area contributed by atoms with Crippen molar-refractivity contribution in [1.29, 1.82) is 0 Å². The van der Waals surface area contributed by atoms with Crippen LogP contribution in [0, 0.1) is 0 Å². The Morgan fingerprint density at radius 1 is 1.46 bits per heavy atom. The fraction of sp³-hybridized carbons (Fsp3) is 0.500. The molecule has 0 aromatic rings. The van der Waals surface area contributed by atoms with Crippen molar-refractivity contribution in [2.75, 3.05) is 0 Å². The molecule has 74 valence electrons. The molecule has 0 fully saturated rings. The quantitative estimate of drug-likeness (QED) is 0.433. The van der Waals surface area contributed by atoms with E-state index < -0.39 is 18.0 Å². The van der Waals surface area contributed by atoms with Crippen LogP contribution in [0.1, 0.15) is 12.8 Å². The molecule has 0 aliphatic rings. The fourth-order valence-electron chi connectivity index (χ4n) is 0.697. The monoisotopic (exact) mass is 206 g/mol. The molecule has 0 rings (SSSR count). The summed E-state index contributed by atoms with van der Waals surface area (Å²) in [7, 11) is 0. The molecular formula is C6H10N2O4S. The molecule has 0 unspecified atom stereocenters. The number of rotatable bonds is 5. The molecule has 0 bridgehead atoms. The zero-order chi connectivity index (χ0) is 10.4. The van der Waals surface area contributed by atoms with E-state index in [1.54, 1.807) is 0 Å². The molecule has 0 amide bonds. The van der Waals surface area contributed by atoms with E-state index in [4.69, 9.17) is 15.9 Å². The highest BCUT2D eigenvalue weighted by atomic mass is 32.1. The molecule has 0 spiro atoms. The maximum absolute atomic E-state index is 10.5. The third-order valence-electron chi connectivity index (χ3n) is 1.26. The second kappa shape index (κ2) is 5.31. The Bertz CT molecular complexity index is 231. The van der Waals surface area contributed by atoms with Crippen LogP contribution in [0.2, 0.25) is 0 Å². The average Bonchev–Trinajstić information content (AvgIpc) is 1.96. The Morgan fingerprint density at radius 2 is 2.00 bits per heavy atom. The van der Waals surface area contributed by atoms with Crippen molar-refractivity contribution in [3.05, 3.63) is 0 Å². The number of carboxylic acids is 2. The maximum Gasteiger partial charge on any atom is 0.326 e. The van der Waals surface area contributed by atoms with Crippen LogP contribution >= 0.6 is 12.2 Å². The van der Waals surface area contributed by atoms with Crippen molar-refractivity contribution in [3.63, 3.8) is 0 Å². The van der Waals surface area contributed by atoms with E-state index in [9.17, 15) is 9.59 Å². The summed E-state index contributed by atoms with van der Waals surface area (Å²) in [6.07, 6.45) is -0.297. The van der Waals surface area contributed by atoms with Crippen LogP contribution in [0.25, 0.3) is 0 Å². The van der Waals surface area contributed by atoms with Gasteiger partial charge >= 0.3 is 11.9 Å². The van der Waals surface area contributed by atoms with Crippen LogP contribution in [0.3, 0.4) is 0 Å². The Labute approximate surface area is 79.7 Å². The fourth-order valence-corrected chi connectivity index (χ4v) is 0.839. The Morgan fingerprint density at radius 3 is 2.31 bits per heavy atom. The van der Waals surface area contributed by atoms with Gasteiger partial charge in [0.2, 0.25) is 0 Å². The van der Waals surface area contributed by atoms with Gasteiger partial charge in [-0.2, -0.15) is 0 Å². The van der Waals surface area contributed by atoms with E-state index >= 15 is 0 Å². The lowest BCUT2D eigenvalue weighted by Gasteiger charge is -2.12. The SMILES string of the molecule is NC(=S)N[C@@H](CCC(=O)O)C(=O)O. The summed E-state index contributed by atoms with van der Waals surface area (Å²) in [6.45, 7) is 0. The third kappa shape index (κ3) is 5.85. The van der Waals surface area contributed by atoms with Gasteiger partial charge in [0.05, 0.1) is 0 Å². The smallest absolute Gasteiger partial charge is 0.326 e. The lowest BCUT2D eigenvalue weighted by molar-refractivity contribution is -0.140. The summed E-state index contributed by atoms with van der Waals surface area (Å²) in [4.78, 5) is 20.6. The lowest BCUT2D eigenvalue weighted by Crippen LogP contribution is -2.43. The number of aliphatic carboxylic acids is 2. The molecule has 0 aliphatic carbocycles. The molecule has 0 radical (unpaired) electrons. The van der Waals surface area contributed by atoms with Crippen LogP contribution in [0.15, 0.2) is 0 Å². The van der Waals surface area contributed by atoms with E-state index in [1.165, 1.54) is 0 Å². The van der Waals surface area contributed by atoms with E-state index in [2.05, 4.69) is 17.5 Å². The Kier molecular flexibility index (Phi) is 4.75. The zero-order valence-electron chi connectivity index (χ0n) is 6.69. The largest absolute Gasteiger partial charge is 0.481 e. The van der Waals surface area contributed by atoms with Crippen LogP contribution in [0.4, 0.5) is 0 Å². The minimum Gasteiger partial charge on any atom is -0.481 e. The molecular weight excluding hydrogens is 196 g/mol. The van der Waals surface area contributed by atoms with Gasteiger partial charge in [0, 0.05) is 6.42 Å². The molecule has 0 aromatic heterocycles. The standard InChI is InChI=1S/C6H10N2O4S/c7-6(13)8-3(5(11)12)1-2-4(9)10/h3H,1-2H2,(H,9,10)(H,11,12)(H3,7,8,13)/t3-/m0/s1. The summed E-state index contributed by atoms with van der Waals surface area (Å²) in [5.41, 5.74) is 5.05. The van der Waals surface area contributed by atoms with Crippen LogP contribution < -0.4 is 11.1 Å². The maximum atomic E-state index is 10.5. The van der Waals surface area contributed by atoms with Crippen molar-refractivity contribution in [3.8, 4) is 0 Å². The van der Waals surface area contributed by atoms with Crippen molar-refractivity contribution in [2.45, 2.75) is 18.9 Å². The number of carbonyl (C=O) groups is 2. The van der Waals surface area contributed by atoms with E-state index in [1.807, 2.05) is 0 Å². The second-order valence-electron chi connectivity index (χ2n) is 2.33. The van der Waals surface area contributed by atoms with Crippen LogP contribution in [-0.2, 0) is 9.59 Å². The van der Waals surface area contributed by atoms with Gasteiger partial charge < -0.3 is 21.3 Å². The predicted octanol–water partition coefficient (Wildman–Crippen LogP) is -0.862. The molecule has 7 heteroatoms. The van der Waals surface area contributed by atoms with Gasteiger partial charge in [0.15, 0.2) is 5.11 Å². The Balaban J connectivity index is 4.02. The number of nitrogens with two attached hydrogens (primary N) is 1. The summed E-state index contributed by atoms with van der Waals surface area (Å²) in [5.74, 6) is -2.23. The molecule has 0 aromatic carbocycles. The summed E-state index contributed by atoms with van der Waals surface area (Å²) >= 11 is 4.43. The molecule has 13 heavy (non-hydrogen) atoms. The number of hydrogen-bond acceptors (Lipinski definition) is 3. The first kappa shape index (κ1) is 11.6. The number of hydrogen-bond donors (Lipinski definition) is 4. The van der Waals surface area contributed by atoms with Crippen molar-refractivity contribution < 1.29 is 19.8 Å². The van der Waals surface area contributed by atoms with Gasteiger partial charge in [-0.1, -0.05) is 0 Å². The highest BCUT2D eigenvalue weighted by Crippen LogP contribution is 1.97. The van der Waals surface area contributed by atoms with Crippen molar-refractivity contribution in [1.82, 2.24) is 5.32 Å². The predicted molar refractivity (Wildman–Crippen MR) is 48.2 cm³/mol. The number of carboxylic acid groups (broad SMARTS) is 2. The zero-order valence-corrected chi connectivity index (χ0v) is 7.50. The van der Waals surface area contributed by atoms with Crippen molar-refractivity contribution >= 4 is 29.3 Å². The van der Waals surface area contributed by atoms with Crippen LogP contribution in [0.5, 0.6) is 0 Å². The molecule has 0 heterocycles. The second-order valence-corrected chi connectivity index (χ2v) is 2.77. The van der Waals surface area contributed by atoms with Gasteiger partial charge in [-0.3, -0.25) is 4.79 Å². The van der Waals surface area contributed by atoms with E-state index in [0.717, 1.165) is 0 Å². The number of nitrogens with one attached hydrogen (secondary N) is 1. The summed E-state index contributed by atoms with van der Waals surface area (Å²) in [6, 6.07) is -1.03. The molecule has 0 saturated heterocycles. The Hall–Kier alpha value is -1.37. The van der Waals surface area contributed by atoms with E-state index in [0.29, 0.717) is 0 Å². The van der Waals surface area contributed by atoms with Gasteiger partial charge in [-0.25, -0.2) is 4.79 Å². The van der Waals surface area contributed by atoms with Gasteiger partial charge in [0.25, 0.3) is 0 Å². The summed E-state index contributed by atoms with van der Waals surface area (Å²) < 4.78 is 0. The van der Waals surface area contributed by atoms with Crippen molar-refractivity contribution in [2.24, 2.45) is 5.73 Å². The summed E-state index contributed by atoms with van der Waals surface area (Å²) in [5, 5.41) is 19.0. The first-order valence-electron chi connectivity index (χ1n) is 3.44. The third-order valence-corrected chi connectivity index (χ3v) is 1.38. The molecule has 1 atom stereocenters. The molecule has 0 aliphatic heterocycles.